The van der Waals surface area contributed by atoms with Crippen molar-refractivity contribution in [3.8, 4) is 5.69 Å². The van der Waals surface area contributed by atoms with E-state index in [2.05, 4.69) is 15.4 Å². The summed E-state index contributed by atoms with van der Waals surface area (Å²) in [6.45, 7) is 2.00. The van der Waals surface area contributed by atoms with E-state index in [4.69, 9.17) is 0 Å². The molecule has 128 valence electrons. The van der Waals surface area contributed by atoms with Crippen LogP contribution < -0.4 is 5.32 Å². The van der Waals surface area contributed by atoms with Crippen LogP contribution in [0.5, 0.6) is 0 Å². The van der Waals surface area contributed by atoms with Crippen molar-refractivity contribution >= 4 is 23.5 Å². The number of hydrogen-bond acceptors (Lipinski definition) is 4. The van der Waals surface area contributed by atoms with Crippen LogP contribution >= 0.6 is 11.8 Å². The standard InChI is InChI=1S/C17H16FN5OS/c1-10-13(7-20-22(10)2)16-15-17(21-14(24)8-25-16)19-9-23(15)12-5-3-11(18)4-6-12/h3-7,9,16H,8H2,1-2H3,(H,21,24)/t16-/m0/s1. The second-order valence-corrected chi connectivity index (χ2v) is 6.97. The maximum Gasteiger partial charge on any atom is 0.235 e. The van der Waals surface area contributed by atoms with Crippen LogP contribution in [0.4, 0.5) is 10.2 Å². The molecule has 1 N–H and O–H groups in total. The number of imidazole rings is 1. The predicted octanol–water partition coefficient (Wildman–Crippen LogP) is 2.83. The molecule has 0 radical (unpaired) electrons. The third kappa shape index (κ3) is 2.72. The number of carbonyl (C=O) groups is 1. The Kier molecular flexibility index (Phi) is 3.84. The average molecular weight is 357 g/mol. The molecule has 4 rings (SSSR count). The number of anilines is 1. The Balaban J connectivity index is 1.89. The Labute approximate surface area is 148 Å². The summed E-state index contributed by atoms with van der Waals surface area (Å²) >= 11 is 1.53. The topological polar surface area (TPSA) is 64.7 Å². The molecule has 1 amide bonds. The van der Waals surface area contributed by atoms with Gasteiger partial charge in [-0.2, -0.15) is 5.10 Å². The molecule has 2 aromatic heterocycles. The molecule has 1 aromatic carbocycles. The van der Waals surface area contributed by atoms with Gasteiger partial charge in [0.05, 0.1) is 22.9 Å². The SMILES string of the molecule is Cc1c([C@@H]2SCC(=O)Nc3ncn(-c4ccc(F)cc4)c32)cnn1C. The van der Waals surface area contributed by atoms with Crippen molar-refractivity contribution in [1.29, 1.82) is 0 Å². The van der Waals surface area contributed by atoms with Crippen LogP contribution in [-0.2, 0) is 11.8 Å². The number of halogens is 1. The van der Waals surface area contributed by atoms with Gasteiger partial charge < -0.3 is 5.32 Å². The molecule has 0 bridgehead atoms. The number of rotatable bonds is 2. The summed E-state index contributed by atoms with van der Waals surface area (Å²) < 4.78 is 17.0. The van der Waals surface area contributed by atoms with E-state index in [0.29, 0.717) is 11.6 Å². The Morgan fingerprint density at radius 2 is 2.08 bits per heavy atom. The monoisotopic (exact) mass is 357 g/mol. The van der Waals surface area contributed by atoms with Gasteiger partial charge in [0.1, 0.15) is 12.1 Å². The number of benzene rings is 1. The lowest BCUT2D eigenvalue weighted by Crippen LogP contribution is -2.12. The highest BCUT2D eigenvalue weighted by atomic mass is 32.2. The number of aromatic nitrogens is 4. The number of carbonyl (C=O) groups excluding carboxylic acids is 1. The number of thioether (sulfide) groups is 1. The fourth-order valence-electron chi connectivity index (χ4n) is 2.93. The van der Waals surface area contributed by atoms with E-state index in [0.717, 1.165) is 22.6 Å². The number of hydrogen-bond donors (Lipinski definition) is 1. The maximum atomic E-state index is 13.3. The van der Waals surface area contributed by atoms with E-state index in [9.17, 15) is 9.18 Å². The largest absolute Gasteiger partial charge is 0.308 e. The summed E-state index contributed by atoms with van der Waals surface area (Å²) in [6.07, 6.45) is 3.48. The summed E-state index contributed by atoms with van der Waals surface area (Å²) in [5, 5.41) is 7.09. The third-order valence-electron chi connectivity index (χ3n) is 4.35. The van der Waals surface area contributed by atoms with Crippen LogP contribution in [0.2, 0.25) is 0 Å². The van der Waals surface area contributed by atoms with Crippen LogP contribution in [0.15, 0.2) is 36.8 Å². The molecule has 0 saturated heterocycles. The van der Waals surface area contributed by atoms with Crippen molar-refractivity contribution in [3.63, 3.8) is 0 Å². The van der Waals surface area contributed by atoms with E-state index < -0.39 is 0 Å². The molecule has 0 aliphatic carbocycles. The molecule has 6 nitrogen and oxygen atoms in total. The summed E-state index contributed by atoms with van der Waals surface area (Å²) in [5.74, 6) is 0.489. The van der Waals surface area contributed by atoms with Crippen LogP contribution in [0.3, 0.4) is 0 Å². The molecule has 0 saturated carbocycles. The van der Waals surface area contributed by atoms with Crippen LogP contribution in [0.25, 0.3) is 5.69 Å². The fraction of sp³-hybridized carbons (Fsp3) is 0.235. The average Bonchev–Trinajstić information content (AvgIpc) is 3.10. The minimum absolute atomic E-state index is 0.0837. The Hall–Kier alpha value is -2.61. The molecule has 0 fully saturated rings. The quantitative estimate of drug-likeness (QED) is 0.766. The van der Waals surface area contributed by atoms with E-state index >= 15 is 0 Å². The Morgan fingerprint density at radius 3 is 2.76 bits per heavy atom. The van der Waals surface area contributed by atoms with Gasteiger partial charge >= 0.3 is 0 Å². The van der Waals surface area contributed by atoms with Gasteiger partial charge in [-0.15, -0.1) is 11.8 Å². The minimum atomic E-state index is -0.294. The van der Waals surface area contributed by atoms with Gasteiger partial charge in [-0.05, 0) is 31.2 Å². The zero-order valence-corrected chi connectivity index (χ0v) is 14.5. The lowest BCUT2D eigenvalue weighted by Gasteiger charge is -2.17. The minimum Gasteiger partial charge on any atom is -0.308 e. The van der Waals surface area contributed by atoms with Crippen LogP contribution in [0, 0.1) is 12.7 Å². The summed E-state index contributed by atoms with van der Waals surface area (Å²) in [7, 11) is 1.89. The van der Waals surface area contributed by atoms with Crippen molar-refractivity contribution in [1.82, 2.24) is 19.3 Å². The number of fused-ring (bicyclic) bond motifs is 1. The maximum absolute atomic E-state index is 13.3. The van der Waals surface area contributed by atoms with E-state index in [1.54, 1.807) is 18.5 Å². The highest BCUT2D eigenvalue weighted by Crippen LogP contribution is 2.42. The molecule has 1 aliphatic heterocycles. The first-order valence-electron chi connectivity index (χ1n) is 7.77. The summed E-state index contributed by atoms with van der Waals surface area (Å²) in [5.41, 5.74) is 3.72. The van der Waals surface area contributed by atoms with Crippen molar-refractivity contribution in [2.24, 2.45) is 7.05 Å². The molecule has 0 unspecified atom stereocenters. The second-order valence-electron chi connectivity index (χ2n) is 5.87. The zero-order valence-electron chi connectivity index (χ0n) is 13.7. The Bertz CT molecular complexity index is 947. The van der Waals surface area contributed by atoms with Gasteiger partial charge in [0.25, 0.3) is 0 Å². The highest BCUT2D eigenvalue weighted by molar-refractivity contribution is 8.00. The van der Waals surface area contributed by atoms with Crippen LogP contribution in [-0.4, -0.2) is 31.0 Å². The first-order chi connectivity index (χ1) is 12.0. The fourth-order valence-corrected chi connectivity index (χ4v) is 4.11. The van der Waals surface area contributed by atoms with Crippen LogP contribution in [0.1, 0.15) is 22.2 Å². The molecule has 3 heterocycles. The summed E-state index contributed by atoms with van der Waals surface area (Å²) in [4.78, 5) is 16.4. The molecular formula is C17H16FN5OS. The van der Waals surface area contributed by atoms with Gasteiger partial charge in [0.2, 0.25) is 5.91 Å². The highest BCUT2D eigenvalue weighted by Gasteiger charge is 2.31. The van der Waals surface area contributed by atoms with Gasteiger partial charge in [0, 0.05) is 24.0 Å². The second kappa shape index (κ2) is 6.03. The molecule has 25 heavy (non-hydrogen) atoms. The van der Waals surface area contributed by atoms with Crippen molar-refractivity contribution < 1.29 is 9.18 Å². The lowest BCUT2D eigenvalue weighted by atomic mass is 10.1. The molecular weight excluding hydrogens is 341 g/mol. The van der Waals surface area contributed by atoms with E-state index in [-0.39, 0.29) is 17.0 Å². The molecule has 1 aliphatic rings. The number of nitrogens with zero attached hydrogens (tertiary/aromatic N) is 4. The number of amides is 1. The van der Waals surface area contributed by atoms with Gasteiger partial charge in [0.15, 0.2) is 5.82 Å². The lowest BCUT2D eigenvalue weighted by molar-refractivity contribution is -0.113. The molecule has 3 aromatic rings. The first kappa shape index (κ1) is 15.9. The smallest absolute Gasteiger partial charge is 0.235 e. The summed E-state index contributed by atoms with van der Waals surface area (Å²) in [6, 6.07) is 6.21. The normalized spacial score (nSPS) is 17.1. The van der Waals surface area contributed by atoms with Crippen molar-refractivity contribution in [2.75, 3.05) is 11.1 Å². The van der Waals surface area contributed by atoms with E-state index in [1.807, 2.05) is 29.4 Å². The van der Waals surface area contributed by atoms with Crippen molar-refractivity contribution in [2.45, 2.75) is 12.2 Å². The molecule has 8 heteroatoms. The third-order valence-corrected chi connectivity index (χ3v) is 5.59. The predicted molar refractivity (Wildman–Crippen MR) is 94.4 cm³/mol. The molecule has 1 atom stereocenters. The number of nitrogens with one attached hydrogen (secondary N) is 1. The van der Waals surface area contributed by atoms with Crippen molar-refractivity contribution in [3.05, 3.63) is 59.6 Å². The first-order valence-corrected chi connectivity index (χ1v) is 8.82. The van der Waals surface area contributed by atoms with E-state index in [1.165, 1.54) is 23.9 Å². The number of aryl methyl sites for hydroxylation is 1. The van der Waals surface area contributed by atoms with Gasteiger partial charge in [-0.1, -0.05) is 0 Å². The van der Waals surface area contributed by atoms with Gasteiger partial charge in [-0.25, -0.2) is 9.37 Å². The Morgan fingerprint density at radius 1 is 1.32 bits per heavy atom. The van der Waals surface area contributed by atoms with Gasteiger partial charge in [-0.3, -0.25) is 14.0 Å². The molecule has 0 spiro atoms. The zero-order chi connectivity index (χ0) is 17.6.